The smallest absolute Gasteiger partial charge is 0.333 e. The van der Waals surface area contributed by atoms with Crippen LogP contribution in [0.3, 0.4) is 0 Å². The van der Waals surface area contributed by atoms with E-state index < -0.39 is 17.8 Å². The summed E-state index contributed by atoms with van der Waals surface area (Å²) in [6.07, 6.45) is 2.74. The second kappa shape index (κ2) is 9.05. The van der Waals surface area contributed by atoms with E-state index in [4.69, 9.17) is 9.57 Å². The maximum Gasteiger partial charge on any atom is 0.333 e. The summed E-state index contributed by atoms with van der Waals surface area (Å²) in [5.41, 5.74) is 1.14. The average Bonchev–Trinajstić information content (AvgIpc) is 2.87. The lowest BCUT2D eigenvalue weighted by atomic mass is 10.2. The third-order valence-corrected chi connectivity index (χ3v) is 3.48. The molecule has 23 heavy (non-hydrogen) atoms. The molecule has 1 heterocycles. The van der Waals surface area contributed by atoms with Crippen LogP contribution in [-0.2, 0) is 30.6 Å². The summed E-state index contributed by atoms with van der Waals surface area (Å²) in [4.78, 5) is 38.9. The Morgan fingerprint density at radius 3 is 2.39 bits per heavy atom. The van der Waals surface area contributed by atoms with Crippen molar-refractivity contribution in [1.29, 1.82) is 0 Å². The molecule has 0 spiro atoms. The molecule has 2 amide bonds. The molecule has 6 heteroatoms. The number of amides is 2. The molecule has 0 N–H and O–H groups in total. The monoisotopic (exact) mass is 319 g/mol. The van der Waals surface area contributed by atoms with Crippen LogP contribution in [0.25, 0.3) is 0 Å². The van der Waals surface area contributed by atoms with Gasteiger partial charge >= 0.3 is 5.97 Å². The van der Waals surface area contributed by atoms with Crippen LogP contribution in [0.1, 0.15) is 44.1 Å². The van der Waals surface area contributed by atoms with Crippen LogP contribution >= 0.6 is 0 Å². The summed E-state index contributed by atoms with van der Waals surface area (Å²) in [6.45, 7) is 1.22. The predicted molar refractivity (Wildman–Crippen MR) is 81.7 cm³/mol. The summed E-state index contributed by atoms with van der Waals surface area (Å²) in [7, 11) is 0. The largest absolute Gasteiger partial charge is 0.377 e. The number of nitrogens with zero attached hydrogens (tertiary/aromatic N) is 1. The minimum Gasteiger partial charge on any atom is -0.377 e. The van der Waals surface area contributed by atoms with Crippen LogP contribution in [-0.4, -0.2) is 29.5 Å². The zero-order chi connectivity index (χ0) is 16.5. The molecule has 2 rings (SSSR count). The summed E-state index contributed by atoms with van der Waals surface area (Å²) in [5, 5.41) is 0.589. The molecule has 1 aromatic carbocycles. The van der Waals surface area contributed by atoms with Crippen molar-refractivity contribution in [3.63, 3.8) is 0 Å². The Kier molecular flexibility index (Phi) is 6.75. The summed E-state index contributed by atoms with van der Waals surface area (Å²) in [6, 6.07) is 9.93. The van der Waals surface area contributed by atoms with Crippen LogP contribution in [0.4, 0.5) is 0 Å². The quantitative estimate of drug-likeness (QED) is 0.516. The Morgan fingerprint density at radius 2 is 1.70 bits per heavy atom. The molecular weight excluding hydrogens is 298 g/mol. The maximum absolute atomic E-state index is 11.6. The number of carbonyl (C=O) groups is 3. The van der Waals surface area contributed by atoms with Crippen molar-refractivity contribution in [2.75, 3.05) is 6.61 Å². The van der Waals surface area contributed by atoms with Gasteiger partial charge < -0.3 is 9.57 Å². The molecule has 0 radical (unpaired) electrons. The highest BCUT2D eigenvalue weighted by Gasteiger charge is 2.32. The number of hydrogen-bond acceptors (Lipinski definition) is 5. The molecular formula is C17H21NO5. The van der Waals surface area contributed by atoms with Gasteiger partial charge in [-0.05, 0) is 18.4 Å². The van der Waals surface area contributed by atoms with Gasteiger partial charge in [0.2, 0.25) is 0 Å². The molecule has 0 aliphatic carbocycles. The van der Waals surface area contributed by atoms with E-state index in [-0.39, 0.29) is 19.3 Å². The van der Waals surface area contributed by atoms with Gasteiger partial charge in [-0.3, -0.25) is 9.59 Å². The van der Waals surface area contributed by atoms with Crippen molar-refractivity contribution >= 4 is 17.8 Å². The van der Waals surface area contributed by atoms with E-state index in [0.29, 0.717) is 24.7 Å². The number of hydrogen-bond donors (Lipinski definition) is 0. The normalized spacial score (nSPS) is 14.3. The van der Waals surface area contributed by atoms with Gasteiger partial charge in [0.1, 0.15) is 0 Å². The summed E-state index contributed by atoms with van der Waals surface area (Å²) in [5.74, 6) is -1.44. The summed E-state index contributed by atoms with van der Waals surface area (Å²) < 4.78 is 5.55. The molecule has 0 unspecified atom stereocenters. The standard InChI is InChI=1S/C17H21NO5/c19-15-10-11-16(20)18(15)23-17(21)9-5-2-6-12-22-13-14-7-3-1-4-8-14/h1,3-4,7-8H,2,5-6,9-13H2. The minimum absolute atomic E-state index is 0.116. The van der Waals surface area contributed by atoms with Gasteiger partial charge in [0.25, 0.3) is 11.8 Å². The first-order valence-corrected chi connectivity index (χ1v) is 7.85. The Bertz CT molecular complexity index is 527. The van der Waals surface area contributed by atoms with Crippen LogP contribution < -0.4 is 0 Å². The predicted octanol–water partition coefficient (Wildman–Crippen LogP) is 2.37. The first kappa shape index (κ1) is 17.1. The number of carbonyl (C=O) groups excluding carboxylic acids is 3. The van der Waals surface area contributed by atoms with Crippen LogP contribution in [0.5, 0.6) is 0 Å². The van der Waals surface area contributed by atoms with E-state index in [1.54, 1.807) is 0 Å². The average molecular weight is 319 g/mol. The van der Waals surface area contributed by atoms with E-state index >= 15 is 0 Å². The highest BCUT2D eigenvalue weighted by Crippen LogP contribution is 2.13. The van der Waals surface area contributed by atoms with Crippen molar-refractivity contribution in [1.82, 2.24) is 5.06 Å². The summed E-state index contributed by atoms with van der Waals surface area (Å²) >= 11 is 0. The Hall–Kier alpha value is -2.21. The molecule has 0 bridgehead atoms. The van der Waals surface area contributed by atoms with Gasteiger partial charge in [0.05, 0.1) is 6.61 Å². The van der Waals surface area contributed by atoms with Crippen LogP contribution in [0.2, 0.25) is 0 Å². The maximum atomic E-state index is 11.6. The fraction of sp³-hybridized carbons (Fsp3) is 0.471. The lowest BCUT2D eigenvalue weighted by Gasteiger charge is -2.12. The molecule has 0 aromatic heterocycles. The number of imide groups is 1. The van der Waals surface area contributed by atoms with Crippen LogP contribution in [0, 0.1) is 0 Å². The first-order chi connectivity index (χ1) is 11.2. The third-order valence-electron chi connectivity index (χ3n) is 3.48. The first-order valence-electron chi connectivity index (χ1n) is 7.85. The third kappa shape index (κ3) is 5.83. The lowest BCUT2D eigenvalue weighted by Crippen LogP contribution is -2.31. The van der Waals surface area contributed by atoms with E-state index in [9.17, 15) is 14.4 Å². The molecule has 1 fully saturated rings. The zero-order valence-electron chi connectivity index (χ0n) is 13.0. The number of benzene rings is 1. The molecule has 6 nitrogen and oxygen atoms in total. The highest BCUT2D eigenvalue weighted by atomic mass is 16.7. The molecule has 1 aromatic rings. The second-order valence-corrected chi connectivity index (χ2v) is 5.39. The molecule has 124 valence electrons. The zero-order valence-corrected chi connectivity index (χ0v) is 13.0. The molecule has 1 aliphatic rings. The van der Waals surface area contributed by atoms with E-state index in [1.807, 2.05) is 30.3 Å². The Morgan fingerprint density at radius 1 is 1.00 bits per heavy atom. The fourth-order valence-electron chi connectivity index (χ4n) is 2.22. The van der Waals surface area contributed by atoms with Crippen LogP contribution in [0.15, 0.2) is 30.3 Å². The minimum atomic E-state index is -0.543. The molecule has 0 atom stereocenters. The molecule has 1 aliphatic heterocycles. The van der Waals surface area contributed by atoms with Gasteiger partial charge in [-0.2, -0.15) is 0 Å². The van der Waals surface area contributed by atoms with Gasteiger partial charge in [-0.1, -0.05) is 36.8 Å². The van der Waals surface area contributed by atoms with Crippen molar-refractivity contribution in [2.45, 2.75) is 45.1 Å². The lowest BCUT2D eigenvalue weighted by molar-refractivity contribution is -0.197. The topological polar surface area (TPSA) is 72.9 Å². The molecule has 1 saturated heterocycles. The van der Waals surface area contributed by atoms with E-state index in [0.717, 1.165) is 18.4 Å². The van der Waals surface area contributed by atoms with E-state index in [2.05, 4.69) is 0 Å². The number of unbranched alkanes of at least 4 members (excludes halogenated alkanes) is 2. The Labute approximate surface area is 135 Å². The highest BCUT2D eigenvalue weighted by molar-refractivity contribution is 6.01. The number of rotatable bonds is 9. The second-order valence-electron chi connectivity index (χ2n) is 5.39. The van der Waals surface area contributed by atoms with Crippen molar-refractivity contribution < 1.29 is 24.0 Å². The van der Waals surface area contributed by atoms with Crippen molar-refractivity contribution in [3.8, 4) is 0 Å². The van der Waals surface area contributed by atoms with E-state index in [1.165, 1.54) is 0 Å². The van der Waals surface area contributed by atoms with Crippen molar-refractivity contribution in [3.05, 3.63) is 35.9 Å². The number of ether oxygens (including phenoxy) is 1. The number of hydroxylamine groups is 2. The van der Waals surface area contributed by atoms with Gasteiger partial charge in [-0.25, -0.2) is 4.79 Å². The van der Waals surface area contributed by atoms with Gasteiger partial charge in [0, 0.05) is 25.9 Å². The fourth-order valence-corrected chi connectivity index (χ4v) is 2.22. The van der Waals surface area contributed by atoms with Gasteiger partial charge in [-0.15, -0.1) is 5.06 Å². The SMILES string of the molecule is O=C(CCCCCOCc1ccccc1)ON1C(=O)CCC1=O. The molecule has 0 saturated carbocycles. The van der Waals surface area contributed by atoms with Gasteiger partial charge in [0.15, 0.2) is 0 Å². The Balaban J connectivity index is 1.49. The van der Waals surface area contributed by atoms with Crippen molar-refractivity contribution in [2.24, 2.45) is 0 Å².